The minimum atomic E-state index is -3.67. The zero-order chi connectivity index (χ0) is 15.5. The van der Waals surface area contributed by atoms with E-state index in [0.717, 1.165) is 9.35 Å². The summed E-state index contributed by atoms with van der Waals surface area (Å²) in [6.45, 7) is 0.463. The monoisotopic (exact) mass is 392 g/mol. The Balaban J connectivity index is 2.19. The molecule has 4 nitrogen and oxygen atoms in total. The van der Waals surface area contributed by atoms with Gasteiger partial charge in [-0.1, -0.05) is 0 Å². The van der Waals surface area contributed by atoms with Crippen molar-refractivity contribution < 1.29 is 12.8 Å². The largest absolute Gasteiger partial charge is 0.316 e. The first-order valence-corrected chi connectivity index (χ1v) is 9.24. The van der Waals surface area contributed by atoms with E-state index in [1.165, 1.54) is 29.5 Å². The van der Waals surface area contributed by atoms with Crippen molar-refractivity contribution in [1.29, 1.82) is 0 Å². The molecule has 0 radical (unpaired) electrons. The summed E-state index contributed by atoms with van der Waals surface area (Å²) in [6, 6.07) is 5.64. The highest BCUT2D eigenvalue weighted by Crippen LogP contribution is 2.23. The van der Waals surface area contributed by atoms with Crippen LogP contribution in [0.3, 0.4) is 0 Å². The first-order chi connectivity index (χ1) is 9.94. The van der Waals surface area contributed by atoms with Gasteiger partial charge in [0.05, 0.1) is 4.90 Å². The molecule has 0 fully saturated rings. The number of halogens is 2. The minimum Gasteiger partial charge on any atom is -0.316 e. The van der Waals surface area contributed by atoms with Gasteiger partial charge >= 0.3 is 0 Å². The van der Waals surface area contributed by atoms with Crippen LogP contribution in [0.1, 0.15) is 10.4 Å². The number of sulfonamides is 1. The van der Waals surface area contributed by atoms with Gasteiger partial charge in [-0.05, 0) is 52.6 Å². The number of thiophene rings is 1. The van der Waals surface area contributed by atoms with Crippen LogP contribution in [0.25, 0.3) is 0 Å². The van der Waals surface area contributed by atoms with Gasteiger partial charge in [-0.3, -0.25) is 0 Å². The number of nitrogens with one attached hydrogen (secondary N) is 2. The van der Waals surface area contributed by atoms with Gasteiger partial charge in [0.2, 0.25) is 10.0 Å². The Morgan fingerprint density at radius 2 is 2.05 bits per heavy atom. The summed E-state index contributed by atoms with van der Waals surface area (Å²) in [5, 5.41) is 4.68. The average molecular weight is 393 g/mol. The van der Waals surface area contributed by atoms with Crippen molar-refractivity contribution in [1.82, 2.24) is 10.0 Å². The molecule has 1 heterocycles. The van der Waals surface area contributed by atoms with E-state index in [9.17, 15) is 12.8 Å². The van der Waals surface area contributed by atoms with Crippen LogP contribution in [0, 0.1) is 5.82 Å². The molecule has 21 heavy (non-hydrogen) atoms. The molecule has 2 aromatic rings. The molecular weight excluding hydrogens is 379 g/mol. The molecule has 0 aliphatic heterocycles. The standard InChI is InChI=1S/C13H14BrFN2O2S2/c1-16-7-9-6-10(2-3-12(9)15)21(18,19)17-8-13-11(14)4-5-20-13/h2-6,16-17H,7-8H2,1H3. The van der Waals surface area contributed by atoms with Crippen LogP contribution in [0.4, 0.5) is 4.39 Å². The molecule has 1 aromatic carbocycles. The predicted molar refractivity (Wildman–Crippen MR) is 85.2 cm³/mol. The third-order valence-corrected chi connectivity index (χ3v) is 6.13. The van der Waals surface area contributed by atoms with Gasteiger partial charge in [0, 0.05) is 28.0 Å². The quantitative estimate of drug-likeness (QED) is 0.794. The minimum absolute atomic E-state index is 0.0572. The summed E-state index contributed by atoms with van der Waals surface area (Å²) >= 11 is 4.81. The number of rotatable bonds is 6. The van der Waals surface area contributed by atoms with E-state index in [2.05, 4.69) is 26.0 Å². The van der Waals surface area contributed by atoms with Gasteiger partial charge in [-0.25, -0.2) is 17.5 Å². The second kappa shape index (κ2) is 6.97. The van der Waals surface area contributed by atoms with E-state index in [1.807, 2.05) is 11.4 Å². The van der Waals surface area contributed by atoms with Crippen molar-refractivity contribution in [3.05, 3.63) is 50.4 Å². The van der Waals surface area contributed by atoms with Crippen molar-refractivity contribution in [3.8, 4) is 0 Å². The first-order valence-electron chi connectivity index (χ1n) is 6.08. The van der Waals surface area contributed by atoms with Crippen LogP contribution in [-0.4, -0.2) is 15.5 Å². The Bertz CT molecular complexity index is 732. The highest BCUT2D eigenvalue weighted by Gasteiger charge is 2.16. The summed E-state index contributed by atoms with van der Waals surface area (Å²) in [6.07, 6.45) is 0. The summed E-state index contributed by atoms with van der Waals surface area (Å²) in [5.74, 6) is -0.427. The fourth-order valence-electron chi connectivity index (χ4n) is 1.74. The molecule has 2 N–H and O–H groups in total. The normalized spacial score (nSPS) is 11.8. The Hall–Kier alpha value is -0.800. The molecule has 8 heteroatoms. The van der Waals surface area contributed by atoms with E-state index < -0.39 is 15.8 Å². The fraction of sp³-hybridized carbons (Fsp3) is 0.231. The fourth-order valence-corrected chi connectivity index (χ4v) is 4.31. The smallest absolute Gasteiger partial charge is 0.240 e. The first kappa shape index (κ1) is 16.6. The van der Waals surface area contributed by atoms with Crippen molar-refractivity contribution in [2.45, 2.75) is 18.0 Å². The van der Waals surface area contributed by atoms with Crippen molar-refractivity contribution in [2.75, 3.05) is 7.05 Å². The number of hydrogen-bond donors (Lipinski definition) is 2. The summed E-state index contributed by atoms with van der Waals surface area (Å²) in [5.41, 5.74) is 0.317. The predicted octanol–water partition coefficient (Wildman–Crippen LogP) is 2.85. The lowest BCUT2D eigenvalue weighted by Crippen LogP contribution is -2.23. The van der Waals surface area contributed by atoms with Crippen molar-refractivity contribution in [3.63, 3.8) is 0 Å². The average Bonchev–Trinajstić information content (AvgIpc) is 2.85. The maximum absolute atomic E-state index is 13.5. The van der Waals surface area contributed by atoms with Crippen LogP contribution in [0.15, 0.2) is 39.0 Å². The van der Waals surface area contributed by atoms with Crippen LogP contribution in [-0.2, 0) is 23.1 Å². The van der Waals surface area contributed by atoms with Gasteiger partial charge in [0.15, 0.2) is 0 Å². The molecule has 0 amide bonds. The van der Waals surface area contributed by atoms with E-state index in [4.69, 9.17) is 0 Å². The highest BCUT2D eigenvalue weighted by atomic mass is 79.9. The molecule has 0 aliphatic carbocycles. The summed E-state index contributed by atoms with van der Waals surface area (Å²) < 4.78 is 41.4. The van der Waals surface area contributed by atoms with Crippen LogP contribution >= 0.6 is 27.3 Å². The lowest BCUT2D eigenvalue weighted by atomic mass is 10.2. The maximum Gasteiger partial charge on any atom is 0.240 e. The molecule has 0 bridgehead atoms. The Kier molecular flexibility index (Phi) is 5.50. The van der Waals surface area contributed by atoms with Gasteiger partial charge in [-0.2, -0.15) is 0 Å². The molecule has 1 aromatic heterocycles. The Morgan fingerprint density at radius 3 is 2.67 bits per heavy atom. The molecular formula is C13H14BrFN2O2S2. The Labute approximate surface area is 135 Å². The summed E-state index contributed by atoms with van der Waals surface area (Å²) in [7, 11) is -2.00. The van der Waals surface area contributed by atoms with E-state index in [-0.39, 0.29) is 18.0 Å². The van der Waals surface area contributed by atoms with Gasteiger partial charge in [0.1, 0.15) is 5.82 Å². The van der Waals surface area contributed by atoms with Gasteiger partial charge < -0.3 is 5.32 Å². The highest BCUT2D eigenvalue weighted by molar-refractivity contribution is 9.10. The third kappa shape index (κ3) is 4.10. The molecule has 2 rings (SSSR count). The summed E-state index contributed by atoms with van der Waals surface area (Å²) in [4.78, 5) is 0.943. The zero-order valence-electron chi connectivity index (χ0n) is 11.2. The van der Waals surface area contributed by atoms with Crippen LogP contribution in [0.2, 0.25) is 0 Å². The molecule has 0 atom stereocenters. The molecule has 0 saturated heterocycles. The van der Waals surface area contributed by atoms with Crippen molar-refractivity contribution >= 4 is 37.3 Å². The number of benzene rings is 1. The lowest BCUT2D eigenvalue weighted by molar-refractivity contribution is 0.578. The Morgan fingerprint density at radius 1 is 1.29 bits per heavy atom. The second-order valence-electron chi connectivity index (χ2n) is 4.30. The second-order valence-corrected chi connectivity index (χ2v) is 7.92. The molecule has 0 unspecified atom stereocenters. The van der Waals surface area contributed by atoms with Crippen molar-refractivity contribution in [2.24, 2.45) is 0 Å². The van der Waals surface area contributed by atoms with Gasteiger partial charge in [-0.15, -0.1) is 11.3 Å². The third-order valence-electron chi connectivity index (χ3n) is 2.81. The lowest BCUT2D eigenvalue weighted by Gasteiger charge is -2.09. The van der Waals surface area contributed by atoms with Crippen LogP contribution in [0.5, 0.6) is 0 Å². The maximum atomic E-state index is 13.5. The number of hydrogen-bond acceptors (Lipinski definition) is 4. The SMILES string of the molecule is CNCc1cc(S(=O)(=O)NCc2sccc2Br)ccc1F. The molecule has 0 aliphatic rings. The zero-order valence-corrected chi connectivity index (χ0v) is 14.4. The topological polar surface area (TPSA) is 58.2 Å². The molecule has 114 valence electrons. The van der Waals surface area contributed by atoms with E-state index in [1.54, 1.807) is 7.05 Å². The van der Waals surface area contributed by atoms with E-state index >= 15 is 0 Å². The van der Waals surface area contributed by atoms with Gasteiger partial charge in [0.25, 0.3) is 0 Å². The van der Waals surface area contributed by atoms with E-state index in [0.29, 0.717) is 5.56 Å². The van der Waals surface area contributed by atoms with Crippen LogP contribution < -0.4 is 10.0 Å². The molecule has 0 spiro atoms. The molecule has 0 saturated carbocycles.